The Morgan fingerprint density at radius 2 is 2.38 bits per heavy atom. The molecule has 13 heavy (non-hydrogen) atoms. The predicted molar refractivity (Wildman–Crippen MR) is 49.2 cm³/mol. The number of ether oxygens (including phenoxy) is 2. The van der Waals surface area contributed by atoms with Crippen molar-refractivity contribution in [2.45, 2.75) is 6.92 Å². The van der Waals surface area contributed by atoms with Crippen LogP contribution in [0.3, 0.4) is 0 Å². The molecule has 0 rings (SSSR count). The summed E-state index contributed by atoms with van der Waals surface area (Å²) in [6.45, 7) is 3.77. The fourth-order valence-electron chi connectivity index (χ4n) is 0.663. The van der Waals surface area contributed by atoms with Gasteiger partial charge in [-0.25, -0.2) is 4.79 Å². The summed E-state index contributed by atoms with van der Waals surface area (Å²) < 4.78 is 9.64. The van der Waals surface area contributed by atoms with Crippen molar-refractivity contribution < 1.29 is 14.3 Å². The van der Waals surface area contributed by atoms with Gasteiger partial charge in [-0.1, -0.05) is 5.92 Å². The van der Waals surface area contributed by atoms with E-state index in [9.17, 15) is 4.79 Å². The van der Waals surface area contributed by atoms with Crippen molar-refractivity contribution >= 4 is 5.97 Å². The third-order valence-electron chi connectivity index (χ3n) is 1.18. The van der Waals surface area contributed by atoms with Crippen LogP contribution in [-0.2, 0) is 14.3 Å². The van der Waals surface area contributed by atoms with Gasteiger partial charge in [-0.2, -0.15) is 0 Å². The summed E-state index contributed by atoms with van der Waals surface area (Å²) in [4.78, 5) is 10.7. The minimum absolute atomic E-state index is 0.00553. The molecule has 0 spiro atoms. The first kappa shape index (κ1) is 11.9. The van der Waals surface area contributed by atoms with E-state index in [1.54, 1.807) is 6.92 Å². The number of rotatable bonds is 7. The molecule has 0 heterocycles. The van der Waals surface area contributed by atoms with Crippen LogP contribution in [0, 0.1) is 12.3 Å². The molecule has 0 aromatic heterocycles. The average Bonchev–Trinajstić information content (AvgIpc) is 2.11. The average molecular weight is 185 g/mol. The van der Waals surface area contributed by atoms with Crippen LogP contribution in [0.15, 0.2) is 0 Å². The predicted octanol–water partition coefficient (Wildman–Crippen LogP) is -0.211. The van der Waals surface area contributed by atoms with Crippen LogP contribution in [-0.4, -0.2) is 38.9 Å². The molecule has 74 valence electrons. The molecule has 4 nitrogen and oxygen atoms in total. The molecule has 0 saturated carbocycles. The Balaban J connectivity index is 3.07. The van der Waals surface area contributed by atoms with Gasteiger partial charge in [-0.05, 0) is 6.92 Å². The number of hydrogen-bond acceptors (Lipinski definition) is 4. The Morgan fingerprint density at radius 3 is 3.00 bits per heavy atom. The van der Waals surface area contributed by atoms with Gasteiger partial charge in [0.25, 0.3) is 0 Å². The van der Waals surface area contributed by atoms with Gasteiger partial charge in [0, 0.05) is 6.54 Å². The second-order valence-corrected chi connectivity index (χ2v) is 2.24. The first-order chi connectivity index (χ1) is 6.31. The third-order valence-corrected chi connectivity index (χ3v) is 1.18. The normalized spacial score (nSPS) is 9.23. The first-order valence-electron chi connectivity index (χ1n) is 4.18. The summed E-state index contributed by atoms with van der Waals surface area (Å²) in [6, 6.07) is 0. The van der Waals surface area contributed by atoms with Crippen LogP contribution in [0.25, 0.3) is 0 Å². The van der Waals surface area contributed by atoms with Crippen molar-refractivity contribution in [2.24, 2.45) is 0 Å². The second-order valence-electron chi connectivity index (χ2n) is 2.24. The van der Waals surface area contributed by atoms with E-state index in [-0.39, 0.29) is 12.6 Å². The topological polar surface area (TPSA) is 47.6 Å². The minimum Gasteiger partial charge on any atom is -0.464 e. The van der Waals surface area contributed by atoms with Crippen LogP contribution in [0.2, 0.25) is 0 Å². The van der Waals surface area contributed by atoms with Crippen LogP contribution in [0.1, 0.15) is 6.92 Å². The van der Waals surface area contributed by atoms with E-state index in [4.69, 9.17) is 11.2 Å². The van der Waals surface area contributed by atoms with Crippen LogP contribution < -0.4 is 5.32 Å². The maximum absolute atomic E-state index is 10.7. The second kappa shape index (κ2) is 9.04. The molecule has 0 aliphatic rings. The molecule has 0 aliphatic carbocycles. The summed E-state index contributed by atoms with van der Waals surface area (Å²) >= 11 is 0. The highest BCUT2D eigenvalue weighted by atomic mass is 16.6. The van der Waals surface area contributed by atoms with E-state index in [2.05, 4.69) is 16.0 Å². The minimum atomic E-state index is -0.334. The van der Waals surface area contributed by atoms with Gasteiger partial charge < -0.3 is 14.8 Å². The lowest BCUT2D eigenvalue weighted by atomic mass is 10.6. The van der Waals surface area contributed by atoms with Gasteiger partial charge in [0.15, 0.2) is 0 Å². The molecule has 0 atom stereocenters. The Bertz CT molecular complexity index is 174. The molecule has 0 saturated heterocycles. The SMILES string of the molecule is C#CCNCCOCC(=O)OCC. The van der Waals surface area contributed by atoms with Crippen molar-refractivity contribution in [2.75, 3.05) is 32.9 Å². The van der Waals surface area contributed by atoms with E-state index in [1.165, 1.54) is 0 Å². The third kappa shape index (κ3) is 8.86. The van der Waals surface area contributed by atoms with E-state index < -0.39 is 0 Å². The van der Waals surface area contributed by atoms with Gasteiger partial charge in [-0.15, -0.1) is 6.42 Å². The van der Waals surface area contributed by atoms with Crippen molar-refractivity contribution in [3.05, 3.63) is 0 Å². The van der Waals surface area contributed by atoms with Crippen LogP contribution >= 0.6 is 0 Å². The van der Waals surface area contributed by atoms with Crippen LogP contribution in [0.5, 0.6) is 0 Å². The fourth-order valence-corrected chi connectivity index (χ4v) is 0.663. The molecular formula is C9H15NO3. The number of carbonyl (C=O) groups excluding carboxylic acids is 1. The van der Waals surface area contributed by atoms with Gasteiger partial charge in [0.2, 0.25) is 0 Å². The monoisotopic (exact) mass is 185 g/mol. The number of carbonyl (C=O) groups is 1. The Labute approximate surface area is 78.6 Å². The molecule has 0 aromatic carbocycles. The first-order valence-corrected chi connectivity index (χ1v) is 4.18. The van der Waals surface area contributed by atoms with Gasteiger partial charge in [0.05, 0.1) is 19.8 Å². The van der Waals surface area contributed by atoms with Gasteiger partial charge >= 0.3 is 5.97 Å². The maximum Gasteiger partial charge on any atom is 0.332 e. The highest BCUT2D eigenvalue weighted by Crippen LogP contribution is 1.80. The molecule has 0 aromatic rings. The summed E-state index contributed by atoms with van der Waals surface area (Å²) in [5.74, 6) is 2.10. The number of esters is 1. The maximum atomic E-state index is 10.7. The molecule has 0 unspecified atom stereocenters. The number of terminal acetylenes is 1. The highest BCUT2D eigenvalue weighted by molar-refractivity contribution is 5.70. The molecule has 4 heteroatoms. The Kier molecular flexibility index (Phi) is 8.31. The quantitative estimate of drug-likeness (QED) is 0.339. The van der Waals surface area contributed by atoms with Crippen molar-refractivity contribution in [1.29, 1.82) is 0 Å². The summed E-state index contributed by atoms with van der Waals surface area (Å²) in [7, 11) is 0. The van der Waals surface area contributed by atoms with Crippen molar-refractivity contribution in [3.63, 3.8) is 0 Å². The molecular weight excluding hydrogens is 170 g/mol. The van der Waals surface area contributed by atoms with Crippen molar-refractivity contribution in [1.82, 2.24) is 5.32 Å². The van der Waals surface area contributed by atoms with Gasteiger partial charge in [0.1, 0.15) is 6.61 Å². The molecule has 0 amide bonds. The zero-order chi connectivity index (χ0) is 9.94. The molecule has 0 radical (unpaired) electrons. The lowest BCUT2D eigenvalue weighted by molar-refractivity contribution is -0.148. The molecule has 0 aliphatic heterocycles. The Hall–Kier alpha value is -1.05. The van der Waals surface area contributed by atoms with Gasteiger partial charge in [-0.3, -0.25) is 0 Å². The highest BCUT2D eigenvalue weighted by Gasteiger charge is 1.99. The van der Waals surface area contributed by atoms with E-state index in [0.29, 0.717) is 26.3 Å². The number of hydrogen-bond donors (Lipinski definition) is 1. The van der Waals surface area contributed by atoms with Crippen LogP contribution in [0.4, 0.5) is 0 Å². The van der Waals surface area contributed by atoms with E-state index in [0.717, 1.165) is 0 Å². The largest absolute Gasteiger partial charge is 0.464 e. The standard InChI is InChI=1S/C9H15NO3/c1-3-5-10-6-7-12-8-9(11)13-4-2/h1,10H,4-8H2,2H3. The summed E-state index contributed by atoms with van der Waals surface area (Å²) in [5, 5.41) is 2.93. The zero-order valence-electron chi connectivity index (χ0n) is 7.84. The summed E-state index contributed by atoms with van der Waals surface area (Å²) in [6.07, 6.45) is 5.00. The molecule has 1 N–H and O–H groups in total. The van der Waals surface area contributed by atoms with Crippen molar-refractivity contribution in [3.8, 4) is 12.3 Å². The smallest absolute Gasteiger partial charge is 0.332 e. The number of nitrogens with one attached hydrogen (secondary N) is 1. The fraction of sp³-hybridized carbons (Fsp3) is 0.667. The molecule has 0 bridgehead atoms. The lowest BCUT2D eigenvalue weighted by Crippen LogP contribution is -2.22. The Morgan fingerprint density at radius 1 is 1.62 bits per heavy atom. The molecule has 0 fully saturated rings. The lowest BCUT2D eigenvalue weighted by Gasteiger charge is -2.03. The zero-order valence-corrected chi connectivity index (χ0v) is 7.84. The van der Waals surface area contributed by atoms with E-state index >= 15 is 0 Å². The van der Waals surface area contributed by atoms with E-state index in [1.807, 2.05) is 0 Å². The summed E-state index contributed by atoms with van der Waals surface area (Å²) in [5.41, 5.74) is 0.